The zero-order valence-electron chi connectivity index (χ0n) is 19.8. The number of amides is 3. The van der Waals surface area contributed by atoms with Gasteiger partial charge in [-0.05, 0) is 61.0 Å². The molecule has 0 bridgehead atoms. The summed E-state index contributed by atoms with van der Waals surface area (Å²) in [6.45, 7) is 3.65. The molecule has 1 N–H and O–H groups in total. The monoisotopic (exact) mass is 495 g/mol. The van der Waals surface area contributed by atoms with Crippen molar-refractivity contribution in [2.45, 2.75) is 39.0 Å². The first-order valence-corrected chi connectivity index (χ1v) is 12.6. The molecule has 0 spiro atoms. The zero-order valence-corrected chi connectivity index (χ0v) is 20.6. The number of anilines is 1. The van der Waals surface area contributed by atoms with E-state index < -0.39 is 0 Å². The average Bonchev–Trinajstić information content (AvgIpc) is 3.55. The minimum atomic E-state index is -0.337. The van der Waals surface area contributed by atoms with Crippen molar-refractivity contribution in [3.05, 3.63) is 87.9 Å². The van der Waals surface area contributed by atoms with Crippen molar-refractivity contribution in [1.29, 1.82) is 0 Å². The topological polar surface area (TPSA) is 61.9 Å². The van der Waals surface area contributed by atoms with Gasteiger partial charge in [0.05, 0.1) is 12.6 Å². The first kappa shape index (κ1) is 24.9. The number of benzene rings is 2. The number of carbonyl (C=O) groups is 2. The first-order valence-electron chi connectivity index (χ1n) is 11.7. The van der Waals surface area contributed by atoms with Gasteiger partial charge in [-0.3, -0.25) is 4.79 Å². The van der Waals surface area contributed by atoms with Crippen LogP contribution in [0.3, 0.4) is 0 Å². The van der Waals surface area contributed by atoms with Crippen LogP contribution in [0.5, 0.6) is 0 Å². The van der Waals surface area contributed by atoms with Crippen molar-refractivity contribution in [3.63, 3.8) is 0 Å². The Morgan fingerprint density at radius 3 is 2.49 bits per heavy atom. The molecule has 2 aromatic carbocycles. The molecule has 1 atom stereocenters. The Hall–Kier alpha value is -3.23. The normalized spacial score (nSPS) is 15.1. The highest BCUT2D eigenvalue weighted by Gasteiger charge is 2.27. The smallest absolute Gasteiger partial charge is 0.322 e. The molecule has 1 aliphatic heterocycles. The van der Waals surface area contributed by atoms with E-state index in [1.54, 1.807) is 28.4 Å². The number of thiophene rings is 1. The quantitative estimate of drug-likeness (QED) is 0.430. The number of carbonyl (C=O) groups excluding carboxylic acids is 2. The molecule has 3 amide bonds. The molecule has 3 aromatic rings. The highest BCUT2D eigenvalue weighted by Crippen LogP contribution is 2.18. The van der Waals surface area contributed by atoms with E-state index in [4.69, 9.17) is 4.74 Å². The number of ether oxygens (including phenoxy) is 1. The Labute approximate surface area is 209 Å². The molecule has 1 aromatic heterocycles. The Balaban J connectivity index is 1.50. The summed E-state index contributed by atoms with van der Waals surface area (Å²) < 4.78 is 19.2. The van der Waals surface area contributed by atoms with Gasteiger partial charge in [0.1, 0.15) is 12.4 Å². The summed E-state index contributed by atoms with van der Waals surface area (Å²) in [5.74, 6) is -0.500. The number of nitrogens with one attached hydrogen (secondary N) is 1. The maximum absolute atomic E-state index is 13.5. The number of halogens is 1. The van der Waals surface area contributed by atoms with Crippen LogP contribution in [0.15, 0.2) is 66.0 Å². The maximum Gasteiger partial charge on any atom is 0.322 e. The summed E-state index contributed by atoms with van der Waals surface area (Å²) in [6, 6.07) is 17.3. The second kappa shape index (κ2) is 12.0. The second-order valence-corrected chi connectivity index (χ2v) is 9.80. The van der Waals surface area contributed by atoms with Crippen molar-refractivity contribution in [2.75, 3.05) is 25.0 Å². The van der Waals surface area contributed by atoms with E-state index in [9.17, 15) is 14.0 Å². The molecule has 4 rings (SSSR count). The summed E-state index contributed by atoms with van der Waals surface area (Å²) in [4.78, 5) is 31.0. The Morgan fingerprint density at radius 2 is 1.83 bits per heavy atom. The van der Waals surface area contributed by atoms with E-state index in [0.717, 1.165) is 28.8 Å². The van der Waals surface area contributed by atoms with Gasteiger partial charge >= 0.3 is 6.03 Å². The minimum Gasteiger partial charge on any atom is -0.376 e. The molecule has 0 radical (unpaired) electrons. The van der Waals surface area contributed by atoms with E-state index in [0.29, 0.717) is 31.9 Å². The summed E-state index contributed by atoms with van der Waals surface area (Å²) in [5.41, 5.74) is 2.60. The SMILES string of the molecule is Cc1ccc(NC(=O)N(CC(=O)N(Cc2ccc(F)cc2)Cc2cccs2)C[C@@H]2CCCO2)cc1. The largest absolute Gasteiger partial charge is 0.376 e. The number of aryl methyl sites for hydroxylation is 1. The Kier molecular flexibility index (Phi) is 8.50. The third kappa shape index (κ3) is 7.37. The van der Waals surface area contributed by atoms with Crippen LogP contribution in [0.2, 0.25) is 0 Å². The van der Waals surface area contributed by atoms with Crippen LogP contribution in [0.1, 0.15) is 28.8 Å². The molecule has 0 unspecified atom stereocenters. The molecule has 0 saturated carbocycles. The Morgan fingerprint density at radius 1 is 1.06 bits per heavy atom. The lowest BCUT2D eigenvalue weighted by Gasteiger charge is -2.29. The van der Waals surface area contributed by atoms with E-state index in [-0.39, 0.29) is 30.4 Å². The van der Waals surface area contributed by atoms with Crippen LogP contribution < -0.4 is 5.32 Å². The summed E-state index contributed by atoms with van der Waals surface area (Å²) in [7, 11) is 0. The number of nitrogens with zero attached hydrogens (tertiary/aromatic N) is 2. The predicted molar refractivity (Wildman–Crippen MR) is 136 cm³/mol. The molecule has 2 heterocycles. The molecule has 6 nitrogen and oxygen atoms in total. The Bertz CT molecular complexity index is 1100. The first-order chi connectivity index (χ1) is 17.0. The van der Waals surface area contributed by atoms with E-state index >= 15 is 0 Å². The number of urea groups is 1. The van der Waals surface area contributed by atoms with Gasteiger partial charge < -0.3 is 19.9 Å². The second-order valence-electron chi connectivity index (χ2n) is 8.77. The van der Waals surface area contributed by atoms with Gasteiger partial charge in [-0.1, -0.05) is 35.9 Å². The van der Waals surface area contributed by atoms with Gasteiger partial charge in [-0.25, -0.2) is 9.18 Å². The fourth-order valence-electron chi connectivity index (χ4n) is 3.99. The van der Waals surface area contributed by atoms with Crippen molar-refractivity contribution in [3.8, 4) is 0 Å². The van der Waals surface area contributed by atoms with Crippen molar-refractivity contribution in [2.24, 2.45) is 0 Å². The van der Waals surface area contributed by atoms with Gasteiger partial charge in [0.15, 0.2) is 0 Å². The molecular weight excluding hydrogens is 465 g/mol. The van der Waals surface area contributed by atoms with Crippen LogP contribution in [0.4, 0.5) is 14.9 Å². The molecule has 1 aliphatic rings. The molecule has 1 fully saturated rings. The van der Waals surface area contributed by atoms with Crippen LogP contribution in [0.25, 0.3) is 0 Å². The van der Waals surface area contributed by atoms with Gasteiger partial charge in [-0.2, -0.15) is 0 Å². The molecule has 35 heavy (non-hydrogen) atoms. The summed E-state index contributed by atoms with van der Waals surface area (Å²) >= 11 is 1.57. The lowest BCUT2D eigenvalue weighted by Crippen LogP contribution is -2.46. The molecule has 0 aliphatic carbocycles. The molecular formula is C27H30FN3O3S. The third-order valence-electron chi connectivity index (χ3n) is 5.93. The van der Waals surface area contributed by atoms with Crippen LogP contribution in [-0.2, 0) is 22.6 Å². The minimum absolute atomic E-state index is 0.0792. The van der Waals surface area contributed by atoms with Crippen LogP contribution in [0, 0.1) is 12.7 Å². The summed E-state index contributed by atoms with van der Waals surface area (Å²) in [6.07, 6.45) is 1.72. The van der Waals surface area contributed by atoms with Crippen LogP contribution >= 0.6 is 11.3 Å². The lowest BCUT2D eigenvalue weighted by molar-refractivity contribution is -0.133. The molecule has 1 saturated heterocycles. The van der Waals surface area contributed by atoms with Gasteiger partial charge in [0, 0.05) is 30.3 Å². The lowest BCUT2D eigenvalue weighted by atomic mass is 10.2. The fourth-order valence-corrected chi connectivity index (χ4v) is 4.71. The van der Waals surface area contributed by atoms with E-state index in [1.807, 2.05) is 48.7 Å². The third-order valence-corrected chi connectivity index (χ3v) is 6.79. The maximum atomic E-state index is 13.5. The molecule has 8 heteroatoms. The number of hydrogen-bond donors (Lipinski definition) is 1. The van der Waals surface area contributed by atoms with Crippen molar-refractivity contribution < 1.29 is 18.7 Å². The standard InChI is InChI=1S/C27H30FN3O3S/c1-20-6-12-23(13-7-20)29-27(33)31(17-24-4-2-14-34-24)19-26(32)30(18-25-5-3-15-35-25)16-21-8-10-22(28)11-9-21/h3,5-13,15,24H,2,4,14,16-19H2,1H3,(H,29,33)/t24-/m0/s1. The highest BCUT2D eigenvalue weighted by atomic mass is 32.1. The fraction of sp³-hybridized carbons (Fsp3) is 0.333. The van der Waals surface area contributed by atoms with Crippen LogP contribution in [-0.4, -0.2) is 47.5 Å². The van der Waals surface area contributed by atoms with Gasteiger partial charge in [0.25, 0.3) is 0 Å². The number of hydrogen-bond acceptors (Lipinski definition) is 4. The average molecular weight is 496 g/mol. The predicted octanol–water partition coefficient (Wildman–Crippen LogP) is 5.44. The molecule has 184 valence electrons. The van der Waals surface area contributed by atoms with Gasteiger partial charge in [0.2, 0.25) is 5.91 Å². The summed E-state index contributed by atoms with van der Waals surface area (Å²) in [5, 5.41) is 4.88. The van der Waals surface area contributed by atoms with E-state index in [2.05, 4.69) is 5.32 Å². The van der Waals surface area contributed by atoms with Crippen molar-refractivity contribution in [1.82, 2.24) is 9.80 Å². The van der Waals surface area contributed by atoms with Crippen molar-refractivity contribution >= 4 is 29.0 Å². The van der Waals surface area contributed by atoms with Gasteiger partial charge in [-0.15, -0.1) is 11.3 Å². The highest BCUT2D eigenvalue weighted by molar-refractivity contribution is 7.09. The zero-order chi connectivity index (χ0) is 24.6. The number of rotatable bonds is 9. The van der Waals surface area contributed by atoms with E-state index in [1.165, 1.54) is 17.0 Å².